The van der Waals surface area contributed by atoms with E-state index < -0.39 is 4.92 Å². The van der Waals surface area contributed by atoms with Crippen LogP contribution >= 0.6 is 0 Å². The van der Waals surface area contributed by atoms with Crippen LogP contribution in [0.15, 0.2) is 48.7 Å². The number of nitrogens with zero attached hydrogens (tertiary/aromatic N) is 4. The zero-order valence-corrected chi connectivity index (χ0v) is 14.6. The monoisotopic (exact) mass is 370 g/mol. The average molecular weight is 370 g/mol. The van der Waals surface area contributed by atoms with Gasteiger partial charge in [-0.1, -0.05) is 12.1 Å². The van der Waals surface area contributed by atoms with E-state index in [0.29, 0.717) is 25.5 Å². The first-order valence-electron chi connectivity index (χ1n) is 8.61. The first kappa shape index (κ1) is 18.5. The van der Waals surface area contributed by atoms with Crippen LogP contribution in [0.1, 0.15) is 12.0 Å². The fourth-order valence-corrected chi connectivity index (χ4v) is 2.89. The second-order valence-electron chi connectivity index (χ2n) is 6.18. The van der Waals surface area contributed by atoms with Crippen molar-refractivity contribution in [3.8, 4) is 0 Å². The predicted molar refractivity (Wildman–Crippen MR) is 99.7 cm³/mol. The summed E-state index contributed by atoms with van der Waals surface area (Å²) in [5.74, 6) is 0.250. The highest BCUT2D eigenvalue weighted by Gasteiger charge is 2.19. The van der Waals surface area contributed by atoms with E-state index >= 15 is 0 Å². The molecule has 3 rings (SSSR count). The maximum atomic E-state index is 12.9. The lowest BCUT2D eigenvalue weighted by Crippen LogP contribution is -2.34. The van der Waals surface area contributed by atoms with Crippen LogP contribution in [0.2, 0.25) is 0 Å². The summed E-state index contributed by atoms with van der Waals surface area (Å²) in [5.41, 5.74) is 0.715. The molecule has 2 aromatic rings. The molecule has 8 heteroatoms. The maximum Gasteiger partial charge on any atom is 0.287 e. The fourth-order valence-electron chi connectivity index (χ4n) is 2.89. The van der Waals surface area contributed by atoms with Crippen molar-refractivity contribution in [3.05, 3.63) is 70.2 Å². The molecule has 1 aliphatic rings. The van der Waals surface area contributed by atoms with Crippen molar-refractivity contribution in [2.24, 2.45) is 0 Å². The number of aromatic nitrogens is 1. The Balaban J connectivity index is 1.59. The maximum absolute atomic E-state index is 12.9. The van der Waals surface area contributed by atoms with Crippen molar-refractivity contribution in [1.29, 1.82) is 0 Å². The van der Waals surface area contributed by atoms with Gasteiger partial charge >= 0.3 is 0 Å². The van der Waals surface area contributed by atoms with Crippen molar-refractivity contribution in [2.45, 2.75) is 6.42 Å². The lowest BCUT2D eigenvalue weighted by atomic mass is 10.2. The molecule has 1 amide bonds. The van der Waals surface area contributed by atoms with Crippen molar-refractivity contribution in [1.82, 2.24) is 9.88 Å². The van der Waals surface area contributed by atoms with Crippen LogP contribution in [0.3, 0.4) is 0 Å². The lowest BCUT2D eigenvalue weighted by molar-refractivity contribution is -0.385. The second-order valence-corrected chi connectivity index (χ2v) is 6.18. The summed E-state index contributed by atoms with van der Waals surface area (Å²) < 4.78 is 12.9. The Hall–Kier alpha value is -3.29. The normalized spacial score (nSPS) is 15.0. The third-order valence-electron chi connectivity index (χ3n) is 4.36. The fraction of sp³-hybridized carbons (Fsp3) is 0.263. The molecule has 2 heterocycles. The number of carbonyl (C=O) groups is 1. The molecular formula is C19H19FN4O3. The van der Waals surface area contributed by atoms with Crippen LogP contribution in [0, 0.1) is 15.9 Å². The van der Waals surface area contributed by atoms with E-state index in [1.54, 1.807) is 29.2 Å². The van der Waals surface area contributed by atoms with E-state index in [9.17, 15) is 19.3 Å². The van der Waals surface area contributed by atoms with E-state index in [2.05, 4.69) is 4.98 Å². The van der Waals surface area contributed by atoms with Gasteiger partial charge in [-0.2, -0.15) is 0 Å². The lowest BCUT2D eigenvalue weighted by Gasteiger charge is -2.22. The smallest absolute Gasteiger partial charge is 0.287 e. The Labute approximate surface area is 155 Å². The van der Waals surface area contributed by atoms with Gasteiger partial charge < -0.3 is 9.80 Å². The van der Waals surface area contributed by atoms with Gasteiger partial charge in [0, 0.05) is 38.3 Å². The number of halogens is 1. The third-order valence-corrected chi connectivity index (χ3v) is 4.36. The number of hydrogen-bond acceptors (Lipinski definition) is 5. The van der Waals surface area contributed by atoms with Crippen LogP contribution < -0.4 is 4.90 Å². The van der Waals surface area contributed by atoms with Crippen LogP contribution in [-0.4, -0.2) is 46.9 Å². The summed E-state index contributed by atoms with van der Waals surface area (Å²) in [6, 6.07) is 9.00. The van der Waals surface area contributed by atoms with E-state index in [1.165, 1.54) is 30.5 Å². The quantitative estimate of drug-likeness (QED) is 0.470. The standard InChI is InChI=1S/C19H19FN4O3/c20-16-5-2-15(3-6-16)4-9-19(25)23-11-1-10-22(12-13-23)18-8-7-17(14-21-18)24(26)27/h2-9,14H,1,10-13H2/b9-4+. The molecule has 1 aromatic carbocycles. The molecule has 140 valence electrons. The topological polar surface area (TPSA) is 79.6 Å². The molecule has 0 radical (unpaired) electrons. The Morgan fingerprint density at radius 2 is 1.89 bits per heavy atom. The minimum Gasteiger partial charge on any atom is -0.355 e. The predicted octanol–water partition coefficient (Wildman–Crippen LogP) is 2.88. The third kappa shape index (κ3) is 4.87. The average Bonchev–Trinajstić information content (AvgIpc) is 2.94. The number of carbonyl (C=O) groups excluding carboxylic acids is 1. The second kappa shape index (κ2) is 8.39. The molecule has 27 heavy (non-hydrogen) atoms. The molecule has 1 aliphatic heterocycles. The van der Waals surface area contributed by atoms with E-state index in [-0.39, 0.29) is 17.4 Å². The number of benzene rings is 1. The molecule has 0 bridgehead atoms. The highest BCUT2D eigenvalue weighted by molar-refractivity contribution is 5.91. The van der Waals surface area contributed by atoms with Gasteiger partial charge in [0.1, 0.15) is 17.8 Å². The highest BCUT2D eigenvalue weighted by atomic mass is 19.1. The summed E-state index contributed by atoms with van der Waals surface area (Å²) in [6.45, 7) is 2.47. The van der Waals surface area contributed by atoms with Gasteiger partial charge in [-0.05, 0) is 36.3 Å². The molecule has 0 aliphatic carbocycles. The van der Waals surface area contributed by atoms with Gasteiger partial charge in [-0.15, -0.1) is 0 Å². The molecule has 0 unspecified atom stereocenters. The van der Waals surface area contributed by atoms with E-state index in [1.807, 2.05) is 4.90 Å². The van der Waals surface area contributed by atoms with Gasteiger partial charge in [-0.25, -0.2) is 9.37 Å². The minimum absolute atomic E-state index is 0.0451. The molecule has 0 saturated carbocycles. The van der Waals surface area contributed by atoms with Gasteiger partial charge in [0.05, 0.1) is 4.92 Å². The number of pyridine rings is 1. The van der Waals surface area contributed by atoms with Gasteiger partial charge in [0.25, 0.3) is 5.69 Å². The molecular weight excluding hydrogens is 351 g/mol. The van der Waals surface area contributed by atoms with Gasteiger partial charge in [0.2, 0.25) is 5.91 Å². The molecule has 0 spiro atoms. The molecule has 7 nitrogen and oxygen atoms in total. The van der Waals surface area contributed by atoms with Crippen LogP contribution in [0.5, 0.6) is 0 Å². The number of nitro groups is 1. The largest absolute Gasteiger partial charge is 0.355 e. The number of amides is 1. The van der Waals surface area contributed by atoms with Crippen molar-refractivity contribution >= 4 is 23.5 Å². The van der Waals surface area contributed by atoms with E-state index in [4.69, 9.17) is 0 Å². The highest BCUT2D eigenvalue weighted by Crippen LogP contribution is 2.17. The number of anilines is 1. The summed E-state index contributed by atoms with van der Waals surface area (Å²) in [4.78, 5) is 30.6. The SMILES string of the molecule is O=C(/C=C/c1ccc(F)cc1)N1CCCN(c2ccc([N+](=O)[O-])cn2)CC1. The van der Waals surface area contributed by atoms with Crippen molar-refractivity contribution < 1.29 is 14.1 Å². The Kier molecular flexibility index (Phi) is 5.75. The van der Waals surface area contributed by atoms with Crippen molar-refractivity contribution in [2.75, 3.05) is 31.1 Å². The first-order chi connectivity index (χ1) is 13.0. The Morgan fingerprint density at radius 3 is 2.56 bits per heavy atom. The minimum atomic E-state index is -0.479. The molecule has 0 atom stereocenters. The first-order valence-corrected chi connectivity index (χ1v) is 8.61. The molecule has 1 aromatic heterocycles. The Morgan fingerprint density at radius 1 is 1.11 bits per heavy atom. The summed E-state index contributed by atoms with van der Waals surface area (Å²) in [6.07, 6.45) is 5.18. The zero-order chi connectivity index (χ0) is 19.2. The summed E-state index contributed by atoms with van der Waals surface area (Å²) in [7, 11) is 0. The Bertz CT molecular complexity index is 837. The van der Waals surface area contributed by atoms with Crippen LogP contribution in [0.4, 0.5) is 15.9 Å². The van der Waals surface area contributed by atoms with E-state index in [0.717, 1.165) is 18.5 Å². The number of hydrogen-bond donors (Lipinski definition) is 0. The zero-order valence-electron chi connectivity index (χ0n) is 14.6. The molecule has 0 N–H and O–H groups in total. The van der Waals surface area contributed by atoms with Gasteiger partial charge in [0.15, 0.2) is 0 Å². The van der Waals surface area contributed by atoms with Gasteiger partial charge in [-0.3, -0.25) is 14.9 Å². The van der Waals surface area contributed by atoms with Crippen LogP contribution in [-0.2, 0) is 4.79 Å². The molecule has 1 saturated heterocycles. The summed E-state index contributed by atoms with van der Waals surface area (Å²) in [5, 5.41) is 10.7. The van der Waals surface area contributed by atoms with Crippen LogP contribution in [0.25, 0.3) is 6.08 Å². The molecule has 1 fully saturated rings. The summed E-state index contributed by atoms with van der Waals surface area (Å²) >= 11 is 0. The number of rotatable bonds is 4. The van der Waals surface area contributed by atoms with Crippen molar-refractivity contribution in [3.63, 3.8) is 0 Å².